The summed E-state index contributed by atoms with van der Waals surface area (Å²) in [6.07, 6.45) is 0. The molecule has 0 aliphatic rings. The van der Waals surface area contributed by atoms with E-state index in [0.29, 0.717) is 16.9 Å². The lowest BCUT2D eigenvalue weighted by molar-refractivity contribution is 0.0666. The van der Waals surface area contributed by atoms with Crippen LogP contribution in [0, 0.1) is 0 Å². The van der Waals surface area contributed by atoms with Crippen molar-refractivity contribution in [2.45, 2.75) is 26.1 Å². The lowest BCUT2D eigenvalue weighted by Gasteiger charge is -2.22. The molecule has 1 aromatic carbocycles. The van der Waals surface area contributed by atoms with Gasteiger partial charge in [0.25, 0.3) is 0 Å². The molecule has 2 rings (SSSR count). The molecule has 0 bridgehead atoms. The van der Waals surface area contributed by atoms with E-state index >= 15 is 0 Å². The minimum absolute atomic E-state index is 0.0224. The molecule has 0 saturated carbocycles. The van der Waals surface area contributed by atoms with Crippen molar-refractivity contribution in [2.24, 2.45) is 0 Å². The van der Waals surface area contributed by atoms with E-state index in [1.807, 2.05) is 6.92 Å². The van der Waals surface area contributed by atoms with Crippen molar-refractivity contribution < 1.29 is 13.9 Å². The van der Waals surface area contributed by atoms with Crippen LogP contribution in [0.4, 0.5) is 8.78 Å². The van der Waals surface area contributed by atoms with E-state index in [9.17, 15) is 8.78 Å². The highest BCUT2D eigenvalue weighted by Gasteiger charge is 2.19. The zero-order valence-corrected chi connectivity index (χ0v) is 10.9. The Morgan fingerprint density at radius 2 is 2.05 bits per heavy atom. The fourth-order valence-electron chi connectivity index (χ4n) is 1.94. The Labute approximate surface area is 110 Å². The number of aliphatic hydroxyl groups excluding tert-OH is 1. The molecule has 0 radical (unpaired) electrons. The van der Waals surface area contributed by atoms with Crippen molar-refractivity contribution in [3.8, 4) is 0 Å². The molecule has 6 heteroatoms. The fraction of sp³-hybridized carbons (Fsp3) is 0.462. The maximum absolute atomic E-state index is 13.2. The third-order valence-corrected chi connectivity index (χ3v) is 3.27. The predicted molar refractivity (Wildman–Crippen MR) is 69.0 cm³/mol. The van der Waals surface area contributed by atoms with E-state index in [-0.39, 0.29) is 19.2 Å². The summed E-state index contributed by atoms with van der Waals surface area (Å²) < 4.78 is 27.3. The Morgan fingerprint density at radius 1 is 1.37 bits per heavy atom. The van der Waals surface area contributed by atoms with Gasteiger partial charge in [0.05, 0.1) is 24.2 Å². The lowest BCUT2D eigenvalue weighted by Crippen LogP contribution is -2.32. The number of hydrogen-bond donors (Lipinski definition) is 1. The number of likely N-dealkylation sites (N-methyl/N-ethyl adjacent to an activating group) is 1. The monoisotopic (exact) mass is 269 g/mol. The number of halogens is 2. The molecule has 0 saturated heterocycles. The van der Waals surface area contributed by atoms with Crippen LogP contribution >= 0.6 is 0 Å². The standard InChI is InChI=1S/C13H17F2N3O/c1-9(8-19)17(2)7-12-16-10-5-3-4-6-11(10)18(12)13(14)15/h3-6,9,13,19H,7-8H2,1-2H3. The Morgan fingerprint density at radius 3 is 2.68 bits per heavy atom. The second-order valence-electron chi connectivity index (χ2n) is 4.61. The highest BCUT2D eigenvalue weighted by Crippen LogP contribution is 2.23. The molecule has 104 valence electrons. The van der Waals surface area contributed by atoms with Crippen molar-refractivity contribution in [1.29, 1.82) is 0 Å². The number of rotatable bonds is 5. The van der Waals surface area contributed by atoms with Gasteiger partial charge < -0.3 is 5.11 Å². The number of aromatic nitrogens is 2. The third-order valence-electron chi connectivity index (χ3n) is 3.27. The SMILES string of the molecule is CC(CO)N(C)Cc1nc2ccccc2n1C(F)F. The second-order valence-corrected chi connectivity index (χ2v) is 4.61. The second kappa shape index (κ2) is 5.63. The van der Waals surface area contributed by atoms with Crippen LogP contribution in [-0.4, -0.2) is 39.3 Å². The van der Waals surface area contributed by atoms with Gasteiger partial charge in [-0.25, -0.2) is 4.98 Å². The highest BCUT2D eigenvalue weighted by atomic mass is 19.3. The molecule has 2 aromatic rings. The number of benzene rings is 1. The number of aliphatic hydroxyl groups is 1. The zero-order valence-electron chi connectivity index (χ0n) is 10.9. The van der Waals surface area contributed by atoms with Crippen LogP contribution in [0.15, 0.2) is 24.3 Å². The van der Waals surface area contributed by atoms with Gasteiger partial charge in [-0.15, -0.1) is 0 Å². The molecule has 0 amide bonds. The van der Waals surface area contributed by atoms with E-state index in [4.69, 9.17) is 5.11 Å². The van der Waals surface area contributed by atoms with E-state index in [2.05, 4.69) is 4.98 Å². The number of imidazole rings is 1. The summed E-state index contributed by atoms with van der Waals surface area (Å²) in [6, 6.07) is 6.73. The van der Waals surface area contributed by atoms with Gasteiger partial charge in [-0.1, -0.05) is 12.1 Å². The van der Waals surface area contributed by atoms with Gasteiger partial charge in [0.15, 0.2) is 0 Å². The first kappa shape index (κ1) is 13.9. The smallest absolute Gasteiger partial charge is 0.320 e. The van der Waals surface area contributed by atoms with Crippen molar-refractivity contribution in [1.82, 2.24) is 14.5 Å². The van der Waals surface area contributed by atoms with Crippen LogP contribution in [0.25, 0.3) is 11.0 Å². The average Bonchev–Trinajstić information content (AvgIpc) is 2.75. The molecular weight excluding hydrogens is 252 g/mol. The number of fused-ring (bicyclic) bond motifs is 1. The first-order valence-electron chi connectivity index (χ1n) is 6.09. The van der Waals surface area contributed by atoms with Gasteiger partial charge in [0.1, 0.15) is 5.82 Å². The minimum Gasteiger partial charge on any atom is -0.395 e. The molecule has 4 nitrogen and oxygen atoms in total. The van der Waals surface area contributed by atoms with Crippen molar-refractivity contribution >= 4 is 11.0 Å². The van der Waals surface area contributed by atoms with Gasteiger partial charge in [0, 0.05) is 6.04 Å². The molecule has 0 spiro atoms. The Kier molecular flexibility index (Phi) is 4.11. The van der Waals surface area contributed by atoms with E-state index in [1.54, 1.807) is 36.2 Å². The quantitative estimate of drug-likeness (QED) is 0.905. The van der Waals surface area contributed by atoms with Crippen LogP contribution in [0.2, 0.25) is 0 Å². The summed E-state index contributed by atoms with van der Waals surface area (Å²) in [5.41, 5.74) is 0.986. The zero-order chi connectivity index (χ0) is 14.0. The molecule has 0 fully saturated rings. The van der Waals surface area contributed by atoms with Gasteiger partial charge in [-0.05, 0) is 26.1 Å². The largest absolute Gasteiger partial charge is 0.395 e. The number of alkyl halides is 2. The van der Waals surface area contributed by atoms with E-state index in [1.165, 1.54) is 0 Å². The van der Waals surface area contributed by atoms with Crippen LogP contribution in [0.5, 0.6) is 0 Å². The molecule has 19 heavy (non-hydrogen) atoms. The first-order valence-corrected chi connectivity index (χ1v) is 6.09. The maximum Gasteiger partial charge on any atom is 0.320 e. The normalized spacial score (nSPS) is 13.6. The van der Waals surface area contributed by atoms with Gasteiger partial charge in [-0.3, -0.25) is 9.47 Å². The van der Waals surface area contributed by atoms with Crippen molar-refractivity contribution in [3.63, 3.8) is 0 Å². The Balaban J connectivity index is 2.39. The molecule has 0 aliphatic carbocycles. The topological polar surface area (TPSA) is 41.3 Å². The minimum atomic E-state index is -2.62. The summed E-state index contributed by atoms with van der Waals surface area (Å²) in [4.78, 5) is 6.04. The Hall–Kier alpha value is -1.53. The van der Waals surface area contributed by atoms with Crippen LogP contribution in [0.3, 0.4) is 0 Å². The third kappa shape index (κ3) is 2.74. The van der Waals surface area contributed by atoms with Crippen molar-refractivity contribution in [2.75, 3.05) is 13.7 Å². The summed E-state index contributed by atoms with van der Waals surface area (Å²) in [5.74, 6) is 0.305. The molecule has 1 N–H and O–H groups in total. The molecule has 1 heterocycles. The number of para-hydroxylation sites is 2. The summed E-state index contributed by atoms with van der Waals surface area (Å²) >= 11 is 0. The molecule has 1 atom stereocenters. The summed E-state index contributed by atoms with van der Waals surface area (Å²) in [6.45, 7) is -0.554. The van der Waals surface area contributed by atoms with Crippen LogP contribution < -0.4 is 0 Å². The lowest BCUT2D eigenvalue weighted by atomic mass is 10.3. The molecule has 1 aromatic heterocycles. The average molecular weight is 269 g/mol. The van der Waals surface area contributed by atoms with Gasteiger partial charge in [-0.2, -0.15) is 8.78 Å². The number of nitrogens with zero attached hydrogens (tertiary/aromatic N) is 3. The maximum atomic E-state index is 13.2. The van der Waals surface area contributed by atoms with Crippen LogP contribution in [0.1, 0.15) is 19.3 Å². The van der Waals surface area contributed by atoms with Gasteiger partial charge >= 0.3 is 6.55 Å². The predicted octanol–water partition coefficient (Wildman–Crippen LogP) is 2.24. The molecule has 1 unspecified atom stereocenters. The van der Waals surface area contributed by atoms with Gasteiger partial charge in [0.2, 0.25) is 0 Å². The summed E-state index contributed by atoms with van der Waals surface area (Å²) in [7, 11) is 1.77. The molecule has 0 aliphatic heterocycles. The highest BCUT2D eigenvalue weighted by molar-refractivity contribution is 5.75. The van der Waals surface area contributed by atoms with E-state index < -0.39 is 6.55 Å². The fourth-order valence-corrected chi connectivity index (χ4v) is 1.94. The van der Waals surface area contributed by atoms with Crippen LogP contribution in [-0.2, 0) is 6.54 Å². The van der Waals surface area contributed by atoms with Crippen molar-refractivity contribution in [3.05, 3.63) is 30.1 Å². The molecular formula is C13H17F2N3O. The first-order chi connectivity index (χ1) is 9.04. The Bertz CT molecular complexity index is 556. The summed E-state index contributed by atoms with van der Waals surface area (Å²) in [5, 5.41) is 9.08. The van der Waals surface area contributed by atoms with E-state index in [0.717, 1.165) is 4.57 Å². The number of hydrogen-bond acceptors (Lipinski definition) is 3.